The summed E-state index contributed by atoms with van der Waals surface area (Å²) < 4.78 is 36.9. The molecule has 1 heterocycles. The third-order valence-corrected chi connectivity index (χ3v) is 4.48. The second-order valence-corrected chi connectivity index (χ2v) is 6.07. The minimum Gasteiger partial charge on any atom is -0.497 e. The van der Waals surface area contributed by atoms with Crippen LogP contribution in [-0.2, 0) is 0 Å². The van der Waals surface area contributed by atoms with Crippen LogP contribution in [0.15, 0.2) is 36.4 Å². The molecule has 2 aromatic rings. The Hall–Kier alpha value is -3.03. The number of hydrogen-bond acceptors (Lipinski definition) is 4. The van der Waals surface area contributed by atoms with Crippen LogP contribution < -0.4 is 19.7 Å². The molecular formula is C19H21F2N3O3. The first-order valence-corrected chi connectivity index (χ1v) is 8.50. The lowest BCUT2D eigenvalue weighted by Gasteiger charge is -2.36. The number of nitrogens with zero attached hydrogens (tertiary/aromatic N) is 2. The molecule has 1 saturated heterocycles. The van der Waals surface area contributed by atoms with Crippen LogP contribution in [0.25, 0.3) is 0 Å². The Morgan fingerprint density at radius 2 is 1.70 bits per heavy atom. The second-order valence-electron chi connectivity index (χ2n) is 6.07. The highest BCUT2D eigenvalue weighted by Gasteiger charge is 2.23. The highest BCUT2D eigenvalue weighted by Crippen LogP contribution is 2.29. The Morgan fingerprint density at radius 3 is 2.33 bits per heavy atom. The normalized spacial score (nSPS) is 14.1. The summed E-state index contributed by atoms with van der Waals surface area (Å²) in [6.45, 7) is 1.95. The van der Waals surface area contributed by atoms with E-state index in [1.807, 2.05) is 4.90 Å². The van der Waals surface area contributed by atoms with E-state index in [2.05, 4.69) is 5.32 Å². The maximum atomic E-state index is 13.4. The Bertz CT molecular complexity index is 824. The van der Waals surface area contributed by atoms with E-state index in [1.165, 1.54) is 19.2 Å². The molecule has 144 valence electrons. The molecule has 0 bridgehead atoms. The minimum absolute atomic E-state index is 0.258. The first-order valence-electron chi connectivity index (χ1n) is 8.50. The quantitative estimate of drug-likeness (QED) is 0.888. The standard InChI is InChI=1S/C19H21F2N3O3/c1-26-14-4-6-18(27-2)17(12-14)22-19(25)24-9-7-23(8-10-24)13-3-5-15(20)16(21)11-13/h3-6,11-12H,7-10H2,1-2H3,(H,22,25). The number of methoxy groups -OCH3 is 2. The van der Waals surface area contributed by atoms with Gasteiger partial charge in [0, 0.05) is 44.0 Å². The zero-order valence-corrected chi connectivity index (χ0v) is 15.2. The van der Waals surface area contributed by atoms with Crippen LogP contribution in [0.5, 0.6) is 11.5 Å². The van der Waals surface area contributed by atoms with Crippen molar-refractivity contribution in [3.05, 3.63) is 48.0 Å². The summed E-state index contributed by atoms with van der Waals surface area (Å²) in [7, 11) is 3.07. The lowest BCUT2D eigenvalue weighted by Crippen LogP contribution is -2.50. The smallest absolute Gasteiger partial charge is 0.322 e. The van der Waals surface area contributed by atoms with Crippen LogP contribution >= 0.6 is 0 Å². The van der Waals surface area contributed by atoms with Gasteiger partial charge < -0.3 is 24.6 Å². The van der Waals surface area contributed by atoms with Crippen LogP contribution in [0.2, 0.25) is 0 Å². The van der Waals surface area contributed by atoms with Crippen molar-refractivity contribution in [2.75, 3.05) is 50.6 Å². The topological polar surface area (TPSA) is 54.0 Å². The van der Waals surface area contributed by atoms with Crippen LogP contribution in [-0.4, -0.2) is 51.3 Å². The molecule has 1 aliphatic heterocycles. The number of benzene rings is 2. The molecule has 3 rings (SSSR count). The van der Waals surface area contributed by atoms with Crippen molar-refractivity contribution in [3.8, 4) is 11.5 Å². The monoisotopic (exact) mass is 377 g/mol. The highest BCUT2D eigenvalue weighted by atomic mass is 19.2. The first-order chi connectivity index (χ1) is 13.0. The summed E-state index contributed by atoms with van der Waals surface area (Å²) in [5.41, 5.74) is 1.12. The number of anilines is 2. The Kier molecular flexibility index (Phi) is 5.63. The second kappa shape index (κ2) is 8.11. The van der Waals surface area contributed by atoms with Crippen molar-refractivity contribution in [2.45, 2.75) is 0 Å². The summed E-state index contributed by atoms with van der Waals surface area (Å²) >= 11 is 0. The van der Waals surface area contributed by atoms with Gasteiger partial charge in [0.1, 0.15) is 11.5 Å². The number of amides is 2. The minimum atomic E-state index is -0.877. The summed E-state index contributed by atoms with van der Waals surface area (Å²) in [6, 6.07) is 8.71. The van der Waals surface area contributed by atoms with Gasteiger partial charge >= 0.3 is 6.03 Å². The fourth-order valence-corrected chi connectivity index (χ4v) is 2.96. The van der Waals surface area contributed by atoms with Gasteiger partial charge in [-0.05, 0) is 24.3 Å². The molecule has 1 aliphatic rings. The number of urea groups is 1. The van der Waals surface area contributed by atoms with Gasteiger partial charge in [-0.15, -0.1) is 0 Å². The van der Waals surface area contributed by atoms with Gasteiger partial charge in [-0.2, -0.15) is 0 Å². The molecule has 0 unspecified atom stereocenters. The third kappa shape index (κ3) is 4.21. The van der Waals surface area contributed by atoms with Gasteiger partial charge in [0.25, 0.3) is 0 Å². The summed E-state index contributed by atoms with van der Waals surface area (Å²) in [5, 5.41) is 2.83. The number of nitrogens with one attached hydrogen (secondary N) is 1. The average molecular weight is 377 g/mol. The van der Waals surface area contributed by atoms with E-state index in [9.17, 15) is 13.6 Å². The van der Waals surface area contributed by atoms with Crippen molar-refractivity contribution >= 4 is 17.4 Å². The summed E-state index contributed by atoms with van der Waals surface area (Å²) in [4.78, 5) is 16.1. The summed E-state index contributed by atoms with van der Waals surface area (Å²) in [6.07, 6.45) is 0. The zero-order chi connectivity index (χ0) is 19.4. The molecule has 0 spiro atoms. The summed E-state index contributed by atoms with van der Waals surface area (Å²) in [5.74, 6) is -0.611. The third-order valence-electron chi connectivity index (χ3n) is 4.48. The fourth-order valence-electron chi connectivity index (χ4n) is 2.96. The zero-order valence-electron chi connectivity index (χ0n) is 15.2. The molecule has 6 nitrogen and oxygen atoms in total. The van der Waals surface area contributed by atoms with Crippen LogP contribution in [0.1, 0.15) is 0 Å². The molecule has 0 saturated carbocycles. The lowest BCUT2D eigenvalue weighted by atomic mass is 10.2. The maximum Gasteiger partial charge on any atom is 0.322 e. The predicted octanol–water partition coefficient (Wildman–Crippen LogP) is 3.34. The Labute approximate surface area is 156 Å². The predicted molar refractivity (Wildman–Crippen MR) is 98.7 cm³/mol. The van der Waals surface area contributed by atoms with Gasteiger partial charge in [0.15, 0.2) is 11.6 Å². The molecule has 2 aromatic carbocycles. The molecular weight excluding hydrogens is 356 g/mol. The molecule has 0 atom stereocenters. The van der Waals surface area contributed by atoms with E-state index in [0.29, 0.717) is 49.1 Å². The van der Waals surface area contributed by atoms with E-state index < -0.39 is 11.6 Å². The number of carbonyl (C=O) groups is 1. The molecule has 8 heteroatoms. The van der Waals surface area contributed by atoms with Gasteiger partial charge in [-0.1, -0.05) is 0 Å². The molecule has 0 radical (unpaired) electrons. The van der Waals surface area contributed by atoms with Crippen molar-refractivity contribution in [3.63, 3.8) is 0 Å². The number of ether oxygens (including phenoxy) is 2. The maximum absolute atomic E-state index is 13.4. The van der Waals surface area contributed by atoms with Crippen LogP contribution in [0.3, 0.4) is 0 Å². The number of halogens is 2. The number of carbonyl (C=O) groups excluding carboxylic acids is 1. The fraction of sp³-hybridized carbons (Fsp3) is 0.316. The van der Waals surface area contributed by atoms with E-state index in [1.54, 1.807) is 30.2 Å². The highest BCUT2D eigenvalue weighted by molar-refractivity contribution is 5.91. The van der Waals surface area contributed by atoms with Crippen molar-refractivity contribution in [1.82, 2.24) is 4.90 Å². The average Bonchev–Trinajstić information content (AvgIpc) is 2.70. The van der Waals surface area contributed by atoms with Crippen molar-refractivity contribution in [2.24, 2.45) is 0 Å². The molecule has 1 N–H and O–H groups in total. The number of hydrogen-bond donors (Lipinski definition) is 1. The van der Waals surface area contributed by atoms with E-state index in [-0.39, 0.29) is 6.03 Å². The SMILES string of the molecule is COc1ccc(OC)c(NC(=O)N2CCN(c3ccc(F)c(F)c3)CC2)c1. The number of piperazine rings is 1. The van der Waals surface area contributed by atoms with Crippen LogP contribution in [0.4, 0.5) is 25.0 Å². The van der Waals surface area contributed by atoms with E-state index in [4.69, 9.17) is 9.47 Å². The van der Waals surface area contributed by atoms with E-state index in [0.717, 1.165) is 6.07 Å². The van der Waals surface area contributed by atoms with Gasteiger partial charge in [-0.25, -0.2) is 13.6 Å². The van der Waals surface area contributed by atoms with E-state index >= 15 is 0 Å². The van der Waals surface area contributed by atoms with Gasteiger partial charge in [-0.3, -0.25) is 0 Å². The Morgan fingerprint density at radius 1 is 0.963 bits per heavy atom. The van der Waals surface area contributed by atoms with Crippen LogP contribution in [0, 0.1) is 11.6 Å². The lowest BCUT2D eigenvalue weighted by molar-refractivity contribution is 0.208. The number of rotatable bonds is 4. The molecule has 0 aliphatic carbocycles. The van der Waals surface area contributed by atoms with Crippen molar-refractivity contribution < 1.29 is 23.0 Å². The Balaban J connectivity index is 1.62. The molecule has 27 heavy (non-hydrogen) atoms. The first kappa shape index (κ1) is 18.8. The molecule has 1 fully saturated rings. The molecule has 2 amide bonds. The molecule has 0 aromatic heterocycles. The van der Waals surface area contributed by atoms with Gasteiger partial charge in [0.05, 0.1) is 19.9 Å². The van der Waals surface area contributed by atoms with Gasteiger partial charge in [0.2, 0.25) is 0 Å². The van der Waals surface area contributed by atoms with Crippen molar-refractivity contribution in [1.29, 1.82) is 0 Å². The largest absolute Gasteiger partial charge is 0.497 e.